The van der Waals surface area contributed by atoms with E-state index in [0.29, 0.717) is 6.04 Å². The van der Waals surface area contributed by atoms with Crippen LogP contribution in [0.15, 0.2) is 24.3 Å². The lowest BCUT2D eigenvalue weighted by atomic mass is 10.0. The zero-order valence-electron chi connectivity index (χ0n) is 14.1. The molecule has 2 aliphatic rings. The van der Waals surface area contributed by atoms with Gasteiger partial charge in [-0.1, -0.05) is 25.5 Å². The Kier molecular flexibility index (Phi) is 5.37. The van der Waals surface area contributed by atoms with E-state index >= 15 is 0 Å². The summed E-state index contributed by atoms with van der Waals surface area (Å²) < 4.78 is 5.75. The van der Waals surface area contributed by atoms with Crippen LogP contribution in [0.25, 0.3) is 0 Å². The van der Waals surface area contributed by atoms with E-state index in [1.54, 1.807) is 0 Å². The highest BCUT2D eigenvalue weighted by atomic mass is 16.5. The van der Waals surface area contributed by atoms with Gasteiger partial charge in [0, 0.05) is 31.7 Å². The highest BCUT2D eigenvalue weighted by Crippen LogP contribution is 2.27. The number of benzene rings is 1. The smallest absolute Gasteiger partial charge is 0.119 e. The minimum Gasteiger partial charge on any atom is -0.494 e. The van der Waals surface area contributed by atoms with Gasteiger partial charge in [0.05, 0.1) is 6.61 Å². The molecule has 3 nitrogen and oxygen atoms in total. The number of piperazine rings is 1. The van der Waals surface area contributed by atoms with Crippen molar-refractivity contribution < 1.29 is 4.74 Å². The van der Waals surface area contributed by atoms with Crippen molar-refractivity contribution >= 4 is 0 Å². The molecule has 2 fully saturated rings. The van der Waals surface area contributed by atoms with Gasteiger partial charge in [-0.05, 0) is 50.4 Å². The standard InChI is InChI=1S/C19H30N2O/c1-3-4-14-22-18-9-7-17(8-10-18)15-21-13-12-20-11-5-6-19(20)16(21)2/h7-10,16,19H,3-6,11-15H2,1-2H3. The van der Waals surface area contributed by atoms with Crippen molar-refractivity contribution in [3.8, 4) is 5.75 Å². The van der Waals surface area contributed by atoms with Crippen molar-refractivity contribution in [2.75, 3.05) is 26.2 Å². The highest BCUT2D eigenvalue weighted by Gasteiger charge is 2.36. The minimum atomic E-state index is 0.678. The monoisotopic (exact) mass is 302 g/mol. The average Bonchev–Trinajstić information content (AvgIpc) is 3.01. The predicted octanol–water partition coefficient (Wildman–Crippen LogP) is 3.53. The molecule has 22 heavy (non-hydrogen) atoms. The third kappa shape index (κ3) is 3.64. The van der Waals surface area contributed by atoms with Crippen molar-refractivity contribution in [2.45, 2.75) is 58.2 Å². The van der Waals surface area contributed by atoms with Gasteiger partial charge in [0.2, 0.25) is 0 Å². The average molecular weight is 302 g/mol. The van der Waals surface area contributed by atoms with Gasteiger partial charge < -0.3 is 4.74 Å². The first-order chi connectivity index (χ1) is 10.8. The lowest BCUT2D eigenvalue weighted by molar-refractivity contribution is 0.0470. The summed E-state index contributed by atoms with van der Waals surface area (Å²) in [7, 11) is 0. The van der Waals surface area contributed by atoms with Crippen molar-refractivity contribution in [3.63, 3.8) is 0 Å². The molecule has 2 aliphatic heterocycles. The number of unbranched alkanes of at least 4 members (excludes halogenated alkanes) is 1. The zero-order chi connectivity index (χ0) is 15.4. The van der Waals surface area contributed by atoms with E-state index in [2.05, 4.69) is 47.9 Å². The molecule has 2 atom stereocenters. The van der Waals surface area contributed by atoms with Gasteiger partial charge in [0.15, 0.2) is 0 Å². The first-order valence-electron chi connectivity index (χ1n) is 8.98. The second-order valence-electron chi connectivity index (χ2n) is 6.80. The van der Waals surface area contributed by atoms with Crippen molar-refractivity contribution in [1.82, 2.24) is 9.80 Å². The van der Waals surface area contributed by atoms with Crippen LogP contribution in [0.3, 0.4) is 0 Å². The topological polar surface area (TPSA) is 15.7 Å². The molecule has 3 rings (SSSR count). The van der Waals surface area contributed by atoms with Gasteiger partial charge in [0.1, 0.15) is 5.75 Å². The van der Waals surface area contributed by atoms with Crippen molar-refractivity contribution in [3.05, 3.63) is 29.8 Å². The van der Waals surface area contributed by atoms with Crippen molar-refractivity contribution in [1.29, 1.82) is 0 Å². The second-order valence-corrected chi connectivity index (χ2v) is 6.80. The summed E-state index contributed by atoms with van der Waals surface area (Å²) in [6.07, 6.45) is 5.07. The van der Waals surface area contributed by atoms with Crippen LogP contribution in [0.4, 0.5) is 0 Å². The molecule has 3 heteroatoms. The summed E-state index contributed by atoms with van der Waals surface area (Å²) in [5.74, 6) is 1.01. The Labute approximate surface area is 135 Å². The Balaban J connectivity index is 1.54. The lowest BCUT2D eigenvalue weighted by Gasteiger charge is -2.43. The Morgan fingerprint density at radius 2 is 1.95 bits per heavy atom. The first-order valence-corrected chi connectivity index (χ1v) is 8.98. The summed E-state index contributed by atoms with van der Waals surface area (Å²) in [5, 5.41) is 0. The molecule has 0 bridgehead atoms. The molecule has 0 aliphatic carbocycles. The Hall–Kier alpha value is -1.06. The molecular formula is C19H30N2O. The van der Waals surface area contributed by atoms with Crippen LogP contribution >= 0.6 is 0 Å². The van der Waals surface area contributed by atoms with Crippen LogP contribution < -0.4 is 4.74 Å². The molecule has 0 spiro atoms. The van der Waals surface area contributed by atoms with Crippen LogP contribution in [0, 0.1) is 0 Å². The predicted molar refractivity (Wildman–Crippen MR) is 91.3 cm³/mol. The van der Waals surface area contributed by atoms with E-state index in [1.807, 2.05) is 0 Å². The van der Waals surface area contributed by atoms with Crippen LogP contribution in [-0.2, 0) is 6.54 Å². The Morgan fingerprint density at radius 1 is 1.14 bits per heavy atom. The van der Waals surface area contributed by atoms with Gasteiger partial charge >= 0.3 is 0 Å². The molecule has 1 aromatic carbocycles. The molecule has 0 N–H and O–H groups in total. The molecule has 2 heterocycles. The molecule has 2 unspecified atom stereocenters. The highest BCUT2D eigenvalue weighted by molar-refractivity contribution is 5.27. The van der Waals surface area contributed by atoms with Gasteiger partial charge in [-0.3, -0.25) is 9.80 Å². The maximum Gasteiger partial charge on any atom is 0.119 e. The second kappa shape index (κ2) is 7.47. The fourth-order valence-electron chi connectivity index (χ4n) is 3.86. The summed E-state index contributed by atoms with van der Waals surface area (Å²) >= 11 is 0. The number of nitrogens with zero attached hydrogens (tertiary/aromatic N) is 2. The molecule has 2 saturated heterocycles. The van der Waals surface area contributed by atoms with E-state index in [4.69, 9.17) is 4.74 Å². The van der Waals surface area contributed by atoms with Gasteiger partial charge in [-0.2, -0.15) is 0 Å². The van der Waals surface area contributed by atoms with E-state index in [1.165, 1.54) is 44.5 Å². The van der Waals surface area contributed by atoms with E-state index < -0.39 is 0 Å². The van der Waals surface area contributed by atoms with Gasteiger partial charge in [-0.25, -0.2) is 0 Å². The molecule has 0 aromatic heterocycles. The number of rotatable bonds is 6. The van der Waals surface area contributed by atoms with E-state index in [-0.39, 0.29) is 0 Å². The third-order valence-electron chi connectivity index (χ3n) is 5.30. The van der Waals surface area contributed by atoms with Crippen LogP contribution in [0.5, 0.6) is 5.75 Å². The fourth-order valence-corrected chi connectivity index (χ4v) is 3.86. The minimum absolute atomic E-state index is 0.678. The SMILES string of the molecule is CCCCOc1ccc(CN2CCN3CCCC3C2C)cc1. The van der Waals surface area contributed by atoms with Crippen molar-refractivity contribution in [2.24, 2.45) is 0 Å². The lowest BCUT2D eigenvalue weighted by Crippen LogP contribution is -2.55. The first kappa shape index (κ1) is 15.8. The normalized spacial score (nSPS) is 26.1. The quantitative estimate of drug-likeness (QED) is 0.748. The molecule has 122 valence electrons. The summed E-state index contributed by atoms with van der Waals surface area (Å²) in [6.45, 7) is 10.3. The maximum atomic E-state index is 5.75. The fraction of sp³-hybridized carbons (Fsp3) is 0.684. The maximum absolute atomic E-state index is 5.75. The molecule has 0 saturated carbocycles. The number of ether oxygens (including phenoxy) is 1. The number of hydrogen-bond donors (Lipinski definition) is 0. The van der Waals surface area contributed by atoms with E-state index in [0.717, 1.165) is 31.4 Å². The van der Waals surface area contributed by atoms with Crippen LogP contribution in [0.2, 0.25) is 0 Å². The van der Waals surface area contributed by atoms with Gasteiger partial charge in [0.25, 0.3) is 0 Å². The van der Waals surface area contributed by atoms with Gasteiger partial charge in [-0.15, -0.1) is 0 Å². The third-order valence-corrected chi connectivity index (χ3v) is 5.30. The summed E-state index contributed by atoms with van der Waals surface area (Å²) in [5.41, 5.74) is 1.40. The number of hydrogen-bond acceptors (Lipinski definition) is 3. The molecule has 0 radical (unpaired) electrons. The molecule has 0 amide bonds. The van der Waals surface area contributed by atoms with Crippen LogP contribution in [-0.4, -0.2) is 48.1 Å². The summed E-state index contributed by atoms with van der Waals surface area (Å²) in [6, 6.07) is 10.2. The zero-order valence-corrected chi connectivity index (χ0v) is 14.1. The largest absolute Gasteiger partial charge is 0.494 e. The summed E-state index contributed by atoms with van der Waals surface area (Å²) in [4.78, 5) is 5.34. The molecule has 1 aromatic rings. The van der Waals surface area contributed by atoms with Crippen LogP contribution in [0.1, 0.15) is 45.1 Å². The Bertz CT molecular complexity index is 459. The number of fused-ring (bicyclic) bond motifs is 1. The Morgan fingerprint density at radius 3 is 2.73 bits per heavy atom. The van der Waals surface area contributed by atoms with E-state index in [9.17, 15) is 0 Å². The molecular weight excluding hydrogens is 272 g/mol.